The molecule has 1 aromatic rings. The van der Waals surface area contributed by atoms with E-state index in [1.807, 2.05) is 0 Å². The van der Waals surface area contributed by atoms with Crippen LogP contribution in [0, 0.1) is 0 Å². The van der Waals surface area contributed by atoms with Crippen molar-refractivity contribution >= 4 is 24.1 Å². The topological polar surface area (TPSA) is 203 Å². The molecule has 0 saturated heterocycles. The summed E-state index contributed by atoms with van der Waals surface area (Å²) < 4.78 is 18.5. The van der Waals surface area contributed by atoms with Crippen LogP contribution in [0.15, 0.2) is 34.5 Å². The lowest BCUT2D eigenvalue weighted by atomic mass is 10.1. The standard InChI is InChI=1S/C14H12N6O8/c15-19-17-13(23)27-7-5-25-11(21)9-1-2-10(4-3-9)12(22)26-6-8-28-14(24)18-20-16/h1-4H,5-8H2. The van der Waals surface area contributed by atoms with Gasteiger partial charge in [0.1, 0.15) is 26.4 Å². The lowest BCUT2D eigenvalue weighted by molar-refractivity contribution is 0.0399. The van der Waals surface area contributed by atoms with Crippen molar-refractivity contribution in [1.29, 1.82) is 0 Å². The van der Waals surface area contributed by atoms with Gasteiger partial charge < -0.3 is 18.9 Å². The molecule has 0 N–H and O–H groups in total. The first-order valence-corrected chi connectivity index (χ1v) is 7.36. The van der Waals surface area contributed by atoms with Crippen molar-refractivity contribution < 1.29 is 38.1 Å². The van der Waals surface area contributed by atoms with Crippen LogP contribution in [-0.4, -0.2) is 50.6 Å². The van der Waals surface area contributed by atoms with Gasteiger partial charge in [0.25, 0.3) is 0 Å². The van der Waals surface area contributed by atoms with Gasteiger partial charge in [-0.25, -0.2) is 19.2 Å². The van der Waals surface area contributed by atoms with Gasteiger partial charge in [-0.15, -0.1) is 0 Å². The molecule has 0 aliphatic heterocycles. The van der Waals surface area contributed by atoms with Crippen LogP contribution in [-0.2, 0) is 18.9 Å². The molecule has 0 aliphatic rings. The third-order valence-corrected chi connectivity index (χ3v) is 2.69. The van der Waals surface area contributed by atoms with Crippen LogP contribution in [0.5, 0.6) is 0 Å². The molecule has 146 valence electrons. The average molecular weight is 392 g/mol. The Balaban J connectivity index is 2.38. The molecule has 28 heavy (non-hydrogen) atoms. The molecule has 0 aromatic heterocycles. The molecule has 0 aliphatic carbocycles. The van der Waals surface area contributed by atoms with Gasteiger partial charge in [-0.05, 0) is 35.3 Å². The zero-order valence-corrected chi connectivity index (χ0v) is 14.1. The molecule has 1 rings (SSSR count). The van der Waals surface area contributed by atoms with E-state index in [1.165, 1.54) is 24.3 Å². The first-order chi connectivity index (χ1) is 13.5. The van der Waals surface area contributed by atoms with Gasteiger partial charge in [-0.2, -0.15) is 0 Å². The predicted molar refractivity (Wildman–Crippen MR) is 88.0 cm³/mol. The maximum Gasteiger partial charge on any atom is 0.396 e. The number of ether oxygens (including phenoxy) is 4. The van der Waals surface area contributed by atoms with Crippen molar-refractivity contribution in [2.75, 3.05) is 26.4 Å². The van der Waals surface area contributed by atoms with Gasteiger partial charge >= 0.3 is 24.1 Å². The molecule has 14 nitrogen and oxygen atoms in total. The minimum atomic E-state index is -1.14. The number of amides is 2. The molecule has 0 radical (unpaired) electrons. The van der Waals surface area contributed by atoms with Crippen molar-refractivity contribution in [1.82, 2.24) is 0 Å². The molecule has 0 heterocycles. The molecule has 0 unspecified atom stereocenters. The maximum absolute atomic E-state index is 11.8. The Kier molecular flexibility index (Phi) is 9.43. The summed E-state index contributed by atoms with van der Waals surface area (Å²) >= 11 is 0. The van der Waals surface area contributed by atoms with E-state index in [-0.39, 0.29) is 37.6 Å². The van der Waals surface area contributed by atoms with Crippen LogP contribution in [0.3, 0.4) is 0 Å². The van der Waals surface area contributed by atoms with Crippen molar-refractivity contribution in [2.45, 2.75) is 0 Å². The van der Waals surface area contributed by atoms with Crippen LogP contribution in [0.4, 0.5) is 9.59 Å². The second-order valence-corrected chi connectivity index (χ2v) is 4.46. The highest BCUT2D eigenvalue weighted by Gasteiger charge is 2.11. The highest BCUT2D eigenvalue weighted by atomic mass is 16.6. The van der Waals surface area contributed by atoms with E-state index < -0.39 is 24.1 Å². The molecule has 1 aromatic carbocycles. The minimum absolute atomic E-state index is 0.126. The summed E-state index contributed by atoms with van der Waals surface area (Å²) in [5, 5.41) is 5.32. The van der Waals surface area contributed by atoms with Gasteiger partial charge in [0, 0.05) is 20.1 Å². The van der Waals surface area contributed by atoms with Crippen molar-refractivity contribution in [3.63, 3.8) is 0 Å². The van der Waals surface area contributed by atoms with Crippen molar-refractivity contribution in [3.8, 4) is 0 Å². The quantitative estimate of drug-likeness (QED) is 0.160. The van der Waals surface area contributed by atoms with E-state index in [1.54, 1.807) is 0 Å². The van der Waals surface area contributed by atoms with Crippen molar-refractivity contribution in [2.24, 2.45) is 10.2 Å². The van der Waals surface area contributed by atoms with Crippen molar-refractivity contribution in [3.05, 3.63) is 56.3 Å². The fourth-order valence-electron chi connectivity index (χ4n) is 1.57. The maximum atomic E-state index is 11.8. The number of rotatable bonds is 8. The van der Waals surface area contributed by atoms with Crippen LogP contribution < -0.4 is 0 Å². The number of hydrogen-bond donors (Lipinski definition) is 0. The lowest BCUT2D eigenvalue weighted by Crippen LogP contribution is -2.14. The first kappa shape index (κ1) is 21.8. The Labute approximate surface area is 156 Å². The summed E-state index contributed by atoms with van der Waals surface area (Å²) in [4.78, 5) is 49.5. The fraction of sp³-hybridized carbons (Fsp3) is 0.286. The second kappa shape index (κ2) is 12.1. The number of nitrogens with zero attached hydrogens (tertiary/aromatic N) is 6. The van der Waals surface area contributed by atoms with Crippen LogP contribution in [0.2, 0.25) is 0 Å². The average Bonchev–Trinajstić information content (AvgIpc) is 2.69. The summed E-state index contributed by atoms with van der Waals surface area (Å²) in [6.45, 7) is -1.11. The SMILES string of the molecule is [N-]=[N+]=NC(=O)OCCOC(=O)c1ccc(C(=O)OCCOC(=O)N=[N+]=[N-])cc1. The summed E-state index contributed by atoms with van der Waals surface area (Å²) in [6.07, 6.45) is -2.29. The Morgan fingerprint density at radius 2 is 1.00 bits per heavy atom. The van der Waals surface area contributed by atoms with Gasteiger partial charge in [0.15, 0.2) is 0 Å². The molecular formula is C14H12N6O8. The minimum Gasteiger partial charge on any atom is -0.458 e. The summed E-state index contributed by atoms with van der Waals surface area (Å²) in [7, 11) is 0. The fourth-order valence-corrected chi connectivity index (χ4v) is 1.57. The zero-order chi connectivity index (χ0) is 20.8. The summed E-state index contributed by atoms with van der Waals surface area (Å²) in [5.74, 6) is -1.46. The molecule has 14 heteroatoms. The third-order valence-electron chi connectivity index (χ3n) is 2.69. The molecule has 0 bridgehead atoms. The Morgan fingerprint density at radius 3 is 1.32 bits per heavy atom. The molecule has 2 amide bonds. The van der Waals surface area contributed by atoms with Crippen LogP contribution in [0.25, 0.3) is 20.9 Å². The highest BCUT2D eigenvalue weighted by molar-refractivity contribution is 5.93. The van der Waals surface area contributed by atoms with Gasteiger partial charge in [-0.3, -0.25) is 0 Å². The number of benzene rings is 1. The van der Waals surface area contributed by atoms with E-state index in [9.17, 15) is 19.2 Å². The number of carbonyl (C=O) groups excluding carboxylic acids is 4. The Bertz CT molecular complexity index is 758. The zero-order valence-electron chi connectivity index (χ0n) is 14.1. The monoisotopic (exact) mass is 392 g/mol. The molecule has 0 fully saturated rings. The lowest BCUT2D eigenvalue weighted by Gasteiger charge is -2.07. The number of hydrogen-bond acceptors (Lipinski definition) is 8. The third kappa shape index (κ3) is 8.20. The summed E-state index contributed by atoms with van der Waals surface area (Å²) in [5.41, 5.74) is 16.2. The van der Waals surface area contributed by atoms with Gasteiger partial charge in [0.2, 0.25) is 0 Å². The van der Waals surface area contributed by atoms with E-state index in [4.69, 9.17) is 20.5 Å². The highest BCUT2D eigenvalue weighted by Crippen LogP contribution is 2.08. The molecule has 0 saturated carbocycles. The molecule has 0 atom stereocenters. The smallest absolute Gasteiger partial charge is 0.396 e. The number of carbonyl (C=O) groups is 4. The van der Waals surface area contributed by atoms with E-state index in [0.29, 0.717) is 0 Å². The first-order valence-electron chi connectivity index (χ1n) is 7.36. The second-order valence-electron chi connectivity index (χ2n) is 4.46. The van der Waals surface area contributed by atoms with Gasteiger partial charge in [-0.1, -0.05) is 0 Å². The number of azide groups is 2. The predicted octanol–water partition coefficient (Wildman–Crippen LogP) is 2.89. The van der Waals surface area contributed by atoms with E-state index >= 15 is 0 Å². The number of esters is 2. The van der Waals surface area contributed by atoms with E-state index in [0.717, 1.165) is 0 Å². The normalized spacial score (nSPS) is 9.14. The molecule has 0 spiro atoms. The largest absolute Gasteiger partial charge is 0.458 e. The van der Waals surface area contributed by atoms with E-state index in [2.05, 4.69) is 29.5 Å². The summed E-state index contributed by atoms with van der Waals surface area (Å²) in [6, 6.07) is 5.25. The Morgan fingerprint density at radius 1 is 0.679 bits per heavy atom. The molecular weight excluding hydrogens is 380 g/mol. The van der Waals surface area contributed by atoms with Gasteiger partial charge in [0.05, 0.1) is 11.1 Å². The Hall–Kier alpha value is -4.28. The van der Waals surface area contributed by atoms with Crippen LogP contribution in [0.1, 0.15) is 20.7 Å². The van der Waals surface area contributed by atoms with Crippen LogP contribution >= 0.6 is 0 Å².